The zero-order valence-electron chi connectivity index (χ0n) is 22.6. The first-order chi connectivity index (χ1) is 19.8. The Morgan fingerprint density at radius 1 is 0.756 bits per heavy atom. The van der Waals surface area contributed by atoms with Gasteiger partial charge in [-0.1, -0.05) is 82.7 Å². The van der Waals surface area contributed by atoms with E-state index in [4.69, 9.17) is 0 Å². The number of nitrogens with one attached hydrogen (secondary N) is 3. The van der Waals surface area contributed by atoms with E-state index in [0.717, 1.165) is 32.1 Å². The number of nitrogens with zero attached hydrogens (tertiary/aromatic N) is 1. The summed E-state index contributed by atoms with van der Waals surface area (Å²) in [6, 6.07) is 32.5. The van der Waals surface area contributed by atoms with E-state index in [0.29, 0.717) is 11.2 Å². The Bertz CT molecular complexity index is 1670. The van der Waals surface area contributed by atoms with Gasteiger partial charge in [0.1, 0.15) is 5.69 Å². The van der Waals surface area contributed by atoms with Gasteiger partial charge in [-0.15, -0.1) is 0 Å². The van der Waals surface area contributed by atoms with Crippen LogP contribution in [0.1, 0.15) is 38.7 Å². The summed E-state index contributed by atoms with van der Waals surface area (Å²) in [7, 11) is 0. The van der Waals surface area contributed by atoms with Crippen molar-refractivity contribution >= 4 is 50.2 Å². The Balaban J connectivity index is 1.37. The van der Waals surface area contributed by atoms with Crippen LogP contribution in [0.4, 0.5) is 5.69 Å². The zero-order valence-corrected chi connectivity index (χ0v) is 24.2. The standard InChI is InChI=1S/C33H29BrN4O3/c1-21-15-22(2)17-27(16-21)36-31(39)30-19-25-18-26(34)13-14-29(25)38(30)37-33(41)32(40)35-20-28(23-9-5-3-6-10-23)24-11-7-4-8-12-24/h3-19,28H,20H2,1-2H3,(H,35,40)(H,36,39)(H,37,41). The second-order valence-corrected chi connectivity index (χ2v) is 10.8. The van der Waals surface area contributed by atoms with E-state index in [2.05, 4.69) is 32.0 Å². The van der Waals surface area contributed by atoms with E-state index in [-0.39, 0.29) is 18.2 Å². The quantitative estimate of drug-likeness (QED) is 0.190. The topological polar surface area (TPSA) is 92.2 Å². The first-order valence-corrected chi connectivity index (χ1v) is 14.0. The van der Waals surface area contributed by atoms with Crippen LogP contribution in [0.3, 0.4) is 0 Å². The number of hydrogen-bond acceptors (Lipinski definition) is 3. The number of carbonyl (C=O) groups excluding carboxylic acids is 3. The van der Waals surface area contributed by atoms with Crippen LogP contribution in [0.2, 0.25) is 0 Å². The zero-order chi connectivity index (χ0) is 28.9. The molecule has 0 aliphatic heterocycles. The minimum absolute atomic E-state index is 0.141. The lowest BCUT2D eigenvalue weighted by molar-refractivity contribution is -0.136. The van der Waals surface area contributed by atoms with E-state index < -0.39 is 17.7 Å². The Labute approximate surface area is 246 Å². The highest BCUT2D eigenvalue weighted by Crippen LogP contribution is 2.25. The fourth-order valence-electron chi connectivity index (χ4n) is 4.94. The molecule has 1 aromatic heterocycles. The molecule has 5 aromatic rings. The fourth-order valence-corrected chi connectivity index (χ4v) is 5.32. The molecule has 0 fully saturated rings. The minimum atomic E-state index is -0.884. The van der Waals surface area contributed by atoms with Crippen molar-refractivity contribution in [1.82, 2.24) is 9.99 Å². The van der Waals surface area contributed by atoms with E-state index in [9.17, 15) is 14.4 Å². The van der Waals surface area contributed by atoms with Crippen molar-refractivity contribution in [3.63, 3.8) is 0 Å². The maximum atomic E-state index is 13.4. The van der Waals surface area contributed by atoms with Crippen LogP contribution in [0.25, 0.3) is 10.9 Å². The lowest BCUT2D eigenvalue weighted by Crippen LogP contribution is -2.41. The number of aryl methyl sites for hydroxylation is 2. The third kappa shape index (κ3) is 6.56. The molecule has 0 saturated heterocycles. The van der Waals surface area contributed by atoms with Gasteiger partial charge < -0.3 is 10.6 Å². The van der Waals surface area contributed by atoms with Crippen molar-refractivity contribution in [1.29, 1.82) is 0 Å². The maximum absolute atomic E-state index is 13.4. The predicted octanol–water partition coefficient (Wildman–Crippen LogP) is 6.29. The van der Waals surface area contributed by atoms with E-state index >= 15 is 0 Å². The summed E-state index contributed by atoms with van der Waals surface area (Å²) >= 11 is 3.46. The van der Waals surface area contributed by atoms with Crippen molar-refractivity contribution in [3.8, 4) is 0 Å². The second-order valence-electron chi connectivity index (χ2n) is 9.92. The molecule has 0 bridgehead atoms. The summed E-state index contributed by atoms with van der Waals surface area (Å²) in [6.45, 7) is 4.13. The van der Waals surface area contributed by atoms with Gasteiger partial charge in [0.25, 0.3) is 5.91 Å². The molecule has 5 rings (SSSR count). The van der Waals surface area contributed by atoms with Gasteiger partial charge in [-0.2, -0.15) is 0 Å². The van der Waals surface area contributed by atoms with Crippen LogP contribution in [-0.4, -0.2) is 28.9 Å². The number of rotatable bonds is 7. The minimum Gasteiger partial charge on any atom is -0.347 e. The number of aromatic nitrogens is 1. The highest BCUT2D eigenvalue weighted by molar-refractivity contribution is 9.10. The number of benzene rings is 4. The van der Waals surface area contributed by atoms with Gasteiger partial charge in [0.05, 0.1) is 5.52 Å². The van der Waals surface area contributed by atoms with Crippen molar-refractivity contribution in [2.75, 3.05) is 17.3 Å². The summed E-state index contributed by atoms with van der Waals surface area (Å²) in [5, 5.41) is 6.41. The van der Waals surface area contributed by atoms with Crippen molar-refractivity contribution in [2.45, 2.75) is 19.8 Å². The molecule has 0 unspecified atom stereocenters. The molecule has 0 saturated carbocycles. The van der Waals surface area contributed by atoms with Crippen molar-refractivity contribution in [2.24, 2.45) is 0 Å². The molecular weight excluding hydrogens is 580 g/mol. The summed E-state index contributed by atoms with van der Waals surface area (Å²) in [5.41, 5.74) is 8.10. The van der Waals surface area contributed by atoms with E-state index in [1.54, 1.807) is 18.2 Å². The Hall–Kier alpha value is -4.69. The number of hydrogen-bond donors (Lipinski definition) is 3. The molecule has 1 heterocycles. The van der Waals surface area contributed by atoms with Crippen LogP contribution >= 0.6 is 15.9 Å². The SMILES string of the molecule is Cc1cc(C)cc(NC(=O)c2cc3cc(Br)ccc3n2NC(=O)C(=O)NCC(c2ccccc2)c2ccccc2)c1. The van der Waals surface area contributed by atoms with Crippen LogP contribution in [0, 0.1) is 13.8 Å². The van der Waals surface area contributed by atoms with Gasteiger partial charge in [-0.3, -0.25) is 19.8 Å². The largest absolute Gasteiger partial charge is 0.347 e. The monoisotopic (exact) mass is 608 g/mol. The van der Waals surface area contributed by atoms with Gasteiger partial charge in [-0.25, -0.2) is 4.68 Å². The molecule has 206 valence electrons. The lowest BCUT2D eigenvalue weighted by Gasteiger charge is -2.19. The second kappa shape index (κ2) is 12.2. The van der Waals surface area contributed by atoms with Crippen LogP contribution < -0.4 is 16.1 Å². The highest BCUT2D eigenvalue weighted by atomic mass is 79.9. The molecule has 3 N–H and O–H groups in total. The number of fused-ring (bicyclic) bond motifs is 1. The molecule has 0 aliphatic carbocycles. The van der Waals surface area contributed by atoms with E-state index in [1.165, 1.54) is 4.68 Å². The number of carbonyl (C=O) groups is 3. The molecule has 0 aliphatic rings. The number of halogens is 1. The molecule has 41 heavy (non-hydrogen) atoms. The van der Waals surface area contributed by atoms with Gasteiger partial charge in [0.2, 0.25) is 0 Å². The number of anilines is 1. The molecule has 8 heteroatoms. The average molecular weight is 610 g/mol. The summed E-state index contributed by atoms with van der Waals surface area (Å²) in [5.74, 6) is -2.25. The molecule has 7 nitrogen and oxygen atoms in total. The molecule has 4 aromatic carbocycles. The first-order valence-electron chi connectivity index (χ1n) is 13.2. The average Bonchev–Trinajstić information content (AvgIpc) is 3.30. The fraction of sp³-hybridized carbons (Fsp3) is 0.121. The molecular formula is C33H29BrN4O3. The third-order valence-electron chi connectivity index (χ3n) is 6.77. The van der Waals surface area contributed by atoms with E-state index in [1.807, 2.05) is 98.8 Å². The van der Waals surface area contributed by atoms with Gasteiger partial charge in [-0.05, 0) is 72.5 Å². The van der Waals surface area contributed by atoms with Gasteiger partial charge in [0.15, 0.2) is 0 Å². The van der Waals surface area contributed by atoms with Crippen LogP contribution in [0.15, 0.2) is 108 Å². The van der Waals surface area contributed by atoms with Crippen LogP contribution in [-0.2, 0) is 9.59 Å². The highest BCUT2D eigenvalue weighted by Gasteiger charge is 2.23. The molecule has 0 atom stereocenters. The summed E-state index contributed by atoms with van der Waals surface area (Å²) < 4.78 is 2.17. The summed E-state index contributed by atoms with van der Waals surface area (Å²) in [6.07, 6.45) is 0. The third-order valence-corrected chi connectivity index (χ3v) is 7.26. The molecule has 0 radical (unpaired) electrons. The predicted molar refractivity (Wildman–Crippen MR) is 166 cm³/mol. The molecule has 3 amide bonds. The number of amides is 3. The van der Waals surface area contributed by atoms with Gasteiger partial charge >= 0.3 is 11.8 Å². The van der Waals surface area contributed by atoms with Gasteiger partial charge in [0, 0.05) is 28.0 Å². The smallest absolute Gasteiger partial charge is 0.328 e. The van der Waals surface area contributed by atoms with Crippen LogP contribution in [0.5, 0.6) is 0 Å². The molecule has 0 spiro atoms. The Morgan fingerprint density at radius 3 is 1.98 bits per heavy atom. The maximum Gasteiger partial charge on any atom is 0.328 e. The Morgan fingerprint density at radius 2 is 1.37 bits per heavy atom. The lowest BCUT2D eigenvalue weighted by atomic mass is 9.91. The van der Waals surface area contributed by atoms with Crippen molar-refractivity contribution < 1.29 is 14.4 Å². The first kappa shape index (κ1) is 27.9. The summed E-state index contributed by atoms with van der Waals surface area (Å²) in [4.78, 5) is 39.6. The van der Waals surface area contributed by atoms with Crippen molar-refractivity contribution in [3.05, 3.63) is 136 Å². The normalized spacial score (nSPS) is 10.9. The Kier molecular flexibility index (Phi) is 8.31.